The molecule has 0 radical (unpaired) electrons. The number of aliphatic imine (C=N–C) groups is 1. The summed E-state index contributed by atoms with van der Waals surface area (Å²) >= 11 is 1.57. The zero-order valence-corrected chi connectivity index (χ0v) is 19.6. The summed E-state index contributed by atoms with van der Waals surface area (Å²) in [6.45, 7) is 2.30. The Balaban J connectivity index is 0.00000289. The number of amidine groups is 1. The van der Waals surface area contributed by atoms with Gasteiger partial charge in [-0.2, -0.15) is 0 Å². The first kappa shape index (κ1) is 23.8. The number of nitrogens with two attached hydrogens (primary N) is 1. The Hall–Kier alpha value is -2.87. The summed E-state index contributed by atoms with van der Waals surface area (Å²) in [6.07, 6.45) is 1.44. The van der Waals surface area contributed by atoms with Gasteiger partial charge in [-0.15, -0.1) is 23.7 Å². The van der Waals surface area contributed by atoms with Gasteiger partial charge in [-0.25, -0.2) is 4.99 Å². The molecule has 0 bridgehead atoms. The van der Waals surface area contributed by atoms with Crippen molar-refractivity contribution in [3.63, 3.8) is 0 Å². The number of anilines is 2. The van der Waals surface area contributed by atoms with E-state index in [1.165, 1.54) is 11.3 Å². The third-order valence-corrected chi connectivity index (χ3v) is 6.18. The molecule has 1 aliphatic heterocycles. The fourth-order valence-corrected chi connectivity index (χ4v) is 4.28. The molecule has 2 aromatic carbocycles. The molecule has 0 fully saturated rings. The van der Waals surface area contributed by atoms with Crippen LogP contribution in [0.5, 0.6) is 0 Å². The van der Waals surface area contributed by atoms with Gasteiger partial charge in [0.2, 0.25) is 5.91 Å². The van der Waals surface area contributed by atoms with Crippen molar-refractivity contribution >= 4 is 52.5 Å². The molecule has 32 heavy (non-hydrogen) atoms. The number of carbonyl (C=O) groups is 1. The highest BCUT2D eigenvalue weighted by Crippen LogP contribution is 2.29. The van der Waals surface area contributed by atoms with Crippen molar-refractivity contribution in [1.29, 1.82) is 0 Å². The minimum absolute atomic E-state index is 0. The van der Waals surface area contributed by atoms with Gasteiger partial charge >= 0.3 is 0 Å². The van der Waals surface area contributed by atoms with Gasteiger partial charge in [-0.05, 0) is 59.3 Å². The van der Waals surface area contributed by atoms with Crippen LogP contribution in [0.2, 0.25) is 0 Å². The molecular weight excluding hydrogens is 442 g/mol. The maximum absolute atomic E-state index is 12.3. The van der Waals surface area contributed by atoms with Crippen molar-refractivity contribution in [1.82, 2.24) is 5.32 Å². The van der Waals surface area contributed by atoms with Crippen molar-refractivity contribution < 1.29 is 4.79 Å². The number of fused-ring (bicyclic) bond motifs is 1. The molecule has 0 unspecified atom stereocenters. The van der Waals surface area contributed by atoms with Crippen LogP contribution < -0.4 is 21.3 Å². The monoisotopic (exact) mass is 469 g/mol. The Morgan fingerprint density at radius 3 is 2.88 bits per heavy atom. The standard InChI is InChI=1S/C24H27N5OS.ClH/c1-29-12-10-18-15-20(7-8-21(18)29)27-23(30)9-11-26-16-17-4-2-5-19(14-17)28-24(25)22-6-3-13-31-22;/h2-8,13-15,26H,9-12,16H2,1H3,(H2,25,28)(H,27,30);1H. The van der Waals surface area contributed by atoms with Crippen LogP contribution in [0.4, 0.5) is 17.1 Å². The largest absolute Gasteiger partial charge is 0.383 e. The predicted molar refractivity (Wildman–Crippen MR) is 137 cm³/mol. The molecule has 168 valence electrons. The molecule has 3 aromatic rings. The molecule has 4 rings (SSSR count). The van der Waals surface area contributed by atoms with Gasteiger partial charge in [0.05, 0.1) is 10.6 Å². The van der Waals surface area contributed by atoms with E-state index in [-0.39, 0.29) is 18.3 Å². The van der Waals surface area contributed by atoms with Gasteiger partial charge in [0.25, 0.3) is 0 Å². The van der Waals surface area contributed by atoms with Crippen molar-refractivity contribution in [3.05, 3.63) is 76.0 Å². The first-order valence-corrected chi connectivity index (χ1v) is 11.3. The summed E-state index contributed by atoms with van der Waals surface area (Å²) in [7, 11) is 2.09. The van der Waals surface area contributed by atoms with E-state index in [4.69, 9.17) is 5.73 Å². The van der Waals surface area contributed by atoms with E-state index in [0.717, 1.165) is 34.8 Å². The van der Waals surface area contributed by atoms with E-state index in [9.17, 15) is 4.79 Å². The maximum Gasteiger partial charge on any atom is 0.225 e. The van der Waals surface area contributed by atoms with Crippen LogP contribution in [0, 0.1) is 0 Å². The molecule has 0 saturated heterocycles. The predicted octanol–water partition coefficient (Wildman–Crippen LogP) is 4.32. The lowest BCUT2D eigenvalue weighted by atomic mass is 10.1. The molecule has 0 saturated carbocycles. The van der Waals surface area contributed by atoms with Crippen LogP contribution in [0.25, 0.3) is 0 Å². The molecular formula is C24H28ClN5OS. The van der Waals surface area contributed by atoms with Crippen molar-refractivity contribution in [2.45, 2.75) is 19.4 Å². The number of benzene rings is 2. The van der Waals surface area contributed by atoms with Crippen LogP contribution >= 0.6 is 23.7 Å². The Bertz CT molecular complexity index is 1080. The molecule has 2 heterocycles. The second kappa shape index (κ2) is 11.1. The highest BCUT2D eigenvalue weighted by Gasteiger charge is 2.16. The van der Waals surface area contributed by atoms with E-state index < -0.39 is 0 Å². The number of hydrogen-bond donors (Lipinski definition) is 3. The van der Waals surface area contributed by atoms with Crippen molar-refractivity contribution in [3.8, 4) is 0 Å². The summed E-state index contributed by atoms with van der Waals surface area (Å²) in [5.74, 6) is 0.538. The molecule has 0 atom stereocenters. The maximum atomic E-state index is 12.3. The summed E-state index contributed by atoms with van der Waals surface area (Å²) in [5, 5.41) is 8.31. The van der Waals surface area contributed by atoms with Gasteiger partial charge in [0, 0.05) is 44.5 Å². The molecule has 8 heteroatoms. The second-order valence-electron chi connectivity index (χ2n) is 7.63. The van der Waals surface area contributed by atoms with Crippen LogP contribution in [0.1, 0.15) is 22.4 Å². The Labute approximate surface area is 199 Å². The fraction of sp³-hybridized carbons (Fsp3) is 0.250. The number of nitrogens with one attached hydrogen (secondary N) is 2. The summed E-state index contributed by atoms with van der Waals surface area (Å²) in [4.78, 5) is 20.0. The molecule has 0 aliphatic carbocycles. The number of nitrogens with zero attached hydrogens (tertiary/aromatic N) is 2. The van der Waals surface area contributed by atoms with Gasteiger partial charge in [0.15, 0.2) is 0 Å². The second-order valence-corrected chi connectivity index (χ2v) is 8.58. The lowest BCUT2D eigenvalue weighted by Crippen LogP contribution is -2.21. The summed E-state index contributed by atoms with van der Waals surface area (Å²) in [5.41, 5.74) is 11.4. The molecule has 1 amide bonds. The van der Waals surface area contributed by atoms with E-state index in [1.54, 1.807) is 11.3 Å². The van der Waals surface area contributed by atoms with E-state index in [1.807, 2.05) is 47.8 Å². The Morgan fingerprint density at radius 1 is 1.19 bits per heavy atom. The van der Waals surface area contributed by atoms with Gasteiger partial charge in [0.1, 0.15) is 5.84 Å². The number of rotatable bonds is 8. The Kier molecular flexibility index (Phi) is 8.27. The number of thiophene rings is 1. The lowest BCUT2D eigenvalue weighted by Gasteiger charge is -2.12. The normalized spacial score (nSPS) is 12.9. The quantitative estimate of drug-likeness (QED) is 0.260. The summed E-state index contributed by atoms with van der Waals surface area (Å²) in [6, 6.07) is 18.0. The smallest absolute Gasteiger partial charge is 0.225 e. The minimum Gasteiger partial charge on any atom is -0.383 e. The number of carbonyl (C=O) groups excluding carboxylic acids is 1. The fourth-order valence-electron chi connectivity index (χ4n) is 3.66. The molecule has 6 nitrogen and oxygen atoms in total. The molecule has 4 N–H and O–H groups in total. The highest BCUT2D eigenvalue weighted by atomic mass is 35.5. The van der Waals surface area contributed by atoms with Gasteiger partial charge in [-0.3, -0.25) is 4.79 Å². The van der Waals surface area contributed by atoms with Gasteiger partial charge < -0.3 is 21.3 Å². The topological polar surface area (TPSA) is 82.8 Å². The number of likely N-dealkylation sites (N-methyl/N-ethyl adjacent to an activating group) is 1. The van der Waals surface area contributed by atoms with Gasteiger partial charge in [-0.1, -0.05) is 18.2 Å². The van der Waals surface area contributed by atoms with Crippen LogP contribution in [-0.4, -0.2) is 31.9 Å². The Morgan fingerprint density at radius 2 is 2.06 bits per heavy atom. The first-order chi connectivity index (χ1) is 15.1. The minimum atomic E-state index is 0. The third-order valence-electron chi connectivity index (χ3n) is 5.28. The molecule has 0 spiro atoms. The molecule has 1 aliphatic rings. The lowest BCUT2D eigenvalue weighted by molar-refractivity contribution is -0.116. The highest BCUT2D eigenvalue weighted by molar-refractivity contribution is 7.12. The van der Waals surface area contributed by atoms with Crippen LogP contribution in [0.15, 0.2) is 65.0 Å². The van der Waals surface area contributed by atoms with E-state index >= 15 is 0 Å². The average molecular weight is 470 g/mol. The zero-order chi connectivity index (χ0) is 21.6. The number of hydrogen-bond acceptors (Lipinski definition) is 5. The third kappa shape index (κ3) is 6.09. The number of halogens is 1. The van der Waals surface area contributed by atoms with Crippen molar-refractivity contribution in [2.24, 2.45) is 10.7 Å². The number of amides is 1. The van der Waals surface area contributed by atoms with E-state index in [2.05, 4.69) is 39.7 Å². The summed E-state index contributed by atoms with van der Waals surface area (Å²) < 4.78 is 0. The average Bonchev–Trinajstić information content (AvgIpc) is 3.42. The van der Waals surface area contributed by atoms with Crippen LogP contribution in [0.3, 0.4) is 0 Å². The zero-order valence-electron chi connectivity index (χ0n) is 18.0. The SMILES string of the molecule is CN1CCc2cc(NC(=O)CCNCc3cccc(/N=C(\N)c4cccs4)c3)ccc21.Cl. The molecule has 1 aromatic heterocycles. The van der Waals surface area contributed by atoms with E-state index in [0.29, 0.717) is 25.3 Å². The van der Waals surface area contributed by atoms with Crippen molar-refractivity contribution in [2.75, 3.05) is 30.4 Å². The van der Waals surface area contributed by atoms with Crippen LogP contribution in [-0.2, 0) is 17.8 Å². The first-order valence-electron chi connectivity index (χ1n) is 10.4.